The second-order valence-corrected chi connectivity index (χ2v) is 6.41. The molecule has 1 N–H and O–H groups in total. The van der Waals surface area contributed by atoms with Gasteiger partial charge in [0.05, 0.1) is 12.8 Å². The second-order valence-electron chi connectivity index (χ2n) is 5.97. The van der Waals surface area contributed by atoms with E-state index in [0.717, 1.165) is 0 Å². The van der Waals surface area contributed by atoms with Gasteiger partial charge >= 0.3 is 0 Å². The van der Waals surface area contributed by atoms with E-state index in [2.05, 4.69) is 5.32 Å². The van der Waals surface area contributed by atoms with Gasteiger partial charge < -0.3 is 14.8 Å². The Morgan fingerprint density at radius 2 is 1.96 bits per heavy atom. The van der Waals surface area contributed by atoms with Crippen LogP contribution in [0.15, 0.2) is 42.5 Å². The Hall–Kier alpha value is -2.73. The number of amides is 2. The molecule has 0 spiro atoms. The van der Waals surface area contributed by atoms with E-state index in [1.165, 1.54) is 4.90 Å². The summed E-state index contributed by atoms with van der Waals surface area (Å²) in [6.45, 7) is 3.32. The summed E-state index contributed by atoms with van der Waals surface area (Å²) in [5, 5.41) is 3.27. The number of methoxy groups -OCH3 is 1. The highest BCUT2D eigenvalue weighted by Gasteiger charge is 2.37. The number of anilines is 2. The Labute approximate surface area is 156 Å². The first-order valence-corrected chi connectivity index (χ1v) is 8.52. The number of rotatable bonds is 4. The van der Waals surface area contributed by atoms with Gasteiger partial charge in [0.1, 0.15) is 17.5 Å². The van der Waals surface area contributed by atoms with Crippen LogP contribution in [0.2, 0.25) is 5.02 Å². The molecule has 0 saturated carbocycles. The predicted molar refractivity (Wildman–Crippen MR) is 100 cm³/mol. The van der Waals surface area contributed by atoms with Gasteiger partial charge in [-0.1, -0.05) is 11.6 Å². The molecule has 7 heteroatoms. The van der Waals surface area contributed by atoms with Crippen LogP contribution in [0.25, 0.3) is 0 Å². The van der Waals surface area contributed by atoms with Crippen LogP contribution in [0.3, 0.4) is 0 Å². The summed E-state index contributed by atoms with van der Waals surface area (Å²) < 4.78 is 10.7. The van der Waals surface area contributed by atoms with Crippen molar-refractivity contribution in [1.82, 2.24) is 0 Å². The monoisotopic (exact) mass is 374 g/mol. The summed E-state index contributed by atoms with van der Waals surface area (Å²) in [7, 11) is 1.57. The number of carbonyl (C=O) groups is 2. The van der Waals surface area contributed by atoms with Gasteiger partial charge in [0.25, 0.3) is 5.91 Å². The van der Waals surface area contributed by atoms with E-state index in [0.29, 0.717) is 27.9 Å². The SMILES string of the molecule is COc1ccc(NC(=O)C(C)N2C(=O)C(C)Oc3ccc(Cl)cc32)cc1. The number of hydrogen-bond acceptors (Lipinski definition) is 4. The number of halogens is 1. The molecule has 0 aromatic heterocycles. The van der Waals surface area contributed by atoms with E-state index in [4.69, 9.17) is 21.1 Å². The summed E-state index contributed by atoms with van der Waals surface area (Å²) in [4.78, 5) is 26.8. The van der Waals surface area contributed by atoms with Crippen LogP contribution >= 0.6 is 11.6 Å². The first-order chi connectivity index (χ1) is 12.4. The van der Waals surface area contributed by atoms with Crippen LogP contribution in [0.1, 0.15) is 13.8 Å². The van der Waals surface area contributed by atoms with E-state index in [1.54, 1.807) is 63.4 Å². The van der Waals surface area contributed by atoms with Crippen molar-refractivity contribution in [3.8, 4) is 11.5 Å². The molecule has 0 radical (unpaired) electrons. The van der Waals surface area contributed by atoms with Crippen molar-refractivity contribution in [2.24, 2.45) is 0 Å². The highest BCUT2D eigenvalue weighted by Crippen LogP contribution is 2.37. The molecule has 136 valence electrons. The number of carbonyl (C=O) groups excluding carboxylic acids is 2. The molecular weight excluding hydrogens is 356 g/mol. The number of nitrogens with zero attached hydrogens (tertiary/aromatic N) is 1. The standard InChI is InChI=1S/C19H19ClN2O4/c1-11(18(23)21-14-5-7-15(25-3)8-6-14)22-16-10-13(20)4-9-17(16)26-12(2)19(22)24/h4-12H,1-3H3,(H,21,23). The quantitative estimate of drug-likeness (QED) is 0.889. The number of ether oxygens (including phenoxy) is 2. The highest BCUT2D eigenvalue weighted by atomic mass is 35.5. The fourth-order valence-electron chi connectivity index (χ4n) is 2.77. The molecule has 2 amide bonds. The van der Waals surface area contributed by atoms with Crippen molar-refractivity contribution in [3.63, 3.8) is 0 Å². The van der Waals surface area contributed by atoms with E-state index >= 15 is 0 Å². The van der Waals surface area contributed by atoms with Crippen LogP contribution in [-0.4, -0.2) is 31.1 Å². The molecule has 2 aromatic carbocycles. The molecule has 0 saturated heterocycles. The lowest BCUT2D eigenvalue weighted by atomic mass is 10.1. The molecule has 1 heterocycles. The van der Waals surface area contributed by atoms with Crippen LogP contribution in [0.4, 0.5) is 11.4 Å². The van der Waals surface area contributed by atoms with Crippen LogP contribution in [-0.2, 0) is 9.59 Å². The summed E-state index contributed by atoms with van der Waals surface area (Å²) in [6.07, 6.45) is -0.681. The Morgan fingerprint density at radius 3 is 2.62 bits per heavy atom. The first-order valence-electron chi connectivity index (χ1n) is 8.15. The van der Waals surface area contributed by atoms with Crippen molar-refractivity contribution in [2.45, 2.75) is 26.0 Å². The minimum atomic E-state index is -0.742. The minimum Gasteiger partial charge on any atom is -0.497 e. The normalized spacial score (nSPS) is 17.2. The summed E-state index contributed by atoms with van der Waals surface area (Å²) in [6, 6.07) is 11.2. The average molecular weight is 375 g/mol. The Morgan fingerprint density at radius 1 is 1.27 bits per heavy atom. The Bertz CT molecular complexity index is 838. The summed E-state index contributed by atoms with van der Waals surface area (Å²) >= 11 is 6.06. The summed E-state index contributed by atoms with van der Waals surface area (Å²) in [5.74, 6) is 0.600. The zero-order valence-electron chi connectivity index (χ0n) is 14.7. The topological polar surface area (TPSA) is 67.9 Å². The maximum Gasteiger partial charge on any atom is 0.268 e. The van der Waals surface area contributed by atoms with Gasteiger partial charge in [-0.25, -0.2) is 0 Å². The molecule has 1 aliphatic heterocycles. The first kappa shape index (κ1) is 18.1. The van der Waals surface area contributed by atoms with Gasteiger partial charge in [-0.3, -0.25) is 14.5 Å². The fraction of sp³-hybridized carbons (Fsp3) is 0.263. The number of benzene rings is 2. The third kappa shape index (κ3) is 3.46. The van der Waals surface area contributed by atoms with E-state index in [1.807, 2.05) is 0 Å². The van der Waals surface area contributed by atoms with Crippen molar-refractivity contribution in [1.29, 1.82) is 0 Å². The lowest BCUT2D eigenvalue weighted by Crippen LogP contribution is -2.52. The van der Waals surface area contributed by atoms with Gasteiger partial charge in [0.15, 0.2) is 6.10 Å². The highest BCUT2D eigenvalue weighted by molar-refractivity contribution is 6.31. The summed E-state index contributed by atoms with van der Waals surface area (Å²) in [5.41, 5.74) is 1.10. The smallest absolute Gasteiger partial charge is 0.268 e. The van der Waals surface area contributed by atoms with Gasteiger partial charge in [0.2, 0.25) is 5.91 Å². The zero-order valence-corrected chi connectivity index (χ0v) is 15.4. The lowest BCUT2D eigenvalue weighted by molar-refractivity contribution is -0.128. The molecule has 2 aromatic rings. The maximum absolute atomic E-state index is 12.7. The number of nitrogens with one attached hydrogen (secondary N) is 1. The van der Waals surface area contributed by atoms with Crippen LogP contribution < -0.4 is 19.7 Å². The lowest BCUT2D eigenvalue weighted by Gasteiger charge is -2.36. The van der Waals surface area contributed by atoms with Crippen molar-refractivity contribution in [2.75, 3.05) is 17.3 Å². The third-order valence-corrected chi connectivity index (χ3v) is 4.43. The van der Waals surface area contributed by atoms with Gasteiger partial charge in [-0.2, -0.15) is 0 Å². The van der Waals surface area contributed by atoms with Gasteiger partial charge in [-0.15, -0.1) is 0 Å². The maximum atomic E-state index is 12.7. The minimum absolute atomic E-state index is 0.294. The molecular formula is C19H19ClN2O4. The number of hydrogen-bond donors (Lipinski definition) is 1. The predicted octanol–water partition coefficient (Wildman–Crippen LogP) is 3.49. The second kappa shape index (κ2) is 7.25. The van der Waals surface area contributed by atoms with Crippen LogP contribution in [0, 0.1) is 0 Å². The molecule has 26 heavy (non-hydrogen) atoms. The molecule has 1 aliphatic rings. The van der Waals surface area contributed by atoms with Crippen LogP contribution in [0.5, 0.6) is 11.5 Å². The Kier molecular flexibility index (Phi) is 5.04. The average Bonchev–Trinajstić information content (AvgIpc) is 2.63. The van der Waals surface area contributed by atoms with E-state index < -0.39 is 12.1 Å². The molecule has 3 rings (SSSR count). The molecule has 0 bridgehead atoms. The third-order valence-electron chi connectivity index (χ3n) is 4.19. The largest absolute Gasteiger partial charge is 0.497 e. The van der Waals surface area contributed by atoms with Gasteiger partial charge in [-0.05, 0) is 56.3 Å². The van der Waals surface area contributed by atoms with E-state index in [9.17, 15) is 9.59 Å². The van der Waals surface area contributed by atoms with E-state index in [-0.39, 0.29) is 11.8 Å². The Balaban J connectivity index is 1.85. The van der Waals surface area contributed by atoms with Crippen molar-refractivity contribution in [3.05, 3.63) is 47.5 Å². The molecule has 2 atom stereocenters. The fourth-order valence-corrected chi connectivity index (χ4v) is 2.94. The van der Waals surface area contributed by atoms with Crippen molar-refractivity contribution < 1.29 is 19.1 Å². The van der Waals surface area contributed by atoms with Gasteiger partial charge in [0, 0.05) is 10.7 Å². The molecule has 0 aliphatic carbocycles. The molecule has 0 fully saturated rings. The molecule has 6 nitrogen and oxygen atoms in total. The number of fused-ring (bicyclic) bond motifs is 1. The molecule has 2 unspecified atom stereocenters. The zero-order chi connectivity index (χ0) is 18.8. The van der Waals surface area contributed by atoms with Crippen molar-refractivity contribution >= 4 is 34.8 Å².